The average Bonchev–Trinajstić information content (AvgIpc) is 2.40. The van der Waals surface area contributed by atoms with E-state index < -0.39 is 0 Å². The molecule has 6 nitrogen and oxygen atoms in total. The molecular formula is C13H26N2O4. The summed E-state index contributed by atoms with van der Waals surface area (Å²) in [7, 11) is 0. The van der Waals surface area contributed by atoms with Gasteiger partial charge in [0.2, 0.25) is 5.91 Å². The van der Waals surface area contributed by atoms with Gasteiger partial charge in [0, 0.05) is 26.3 Å². The molecule has 0 aromatic heterocycles. The van der Waals surface area contributed by atoms with Crippen molar-refractivity contribution < 1.29 is 19.0 Å². The van der Waals surface area contributed by atoms with Crippen LogP contribution in [0.1, 0.15) is 20.8 Å². The highest BCUT2D eigenvalue weighted by Gasteiger charge is 2.30. The molecule has 0 aromatic carbocycles. The van der Waals surface area contributed by atoms with Crippen LogP contribution in [0.4, 0.5) is 0 Å². The number of carbonyl (C=O) groups is 1. The number of likely N-dealkylation sites (N-methyl/N-ethyl adjacent to an activating group) is 1. The lowest BCUT2D eigenvalue weighted by Gasteiger charge is -2.36. The zero-order valence-electron chi connectivity index (χ0n) is 12.2. The van der Waals surface area contributed by atoms with E-state index in [4.69, 9.17) is 14.2 Å². The zero-order valence-corrected chi connectivity index (χ0v) is 12.2. The van der Waals surface area contributed by atoms with Crippen LogP contribution in [-0.2, 0) is 19.0 Å². The molecule has 1 unspecified atom stereocenters. The summed E-state index contributed by atoms with van der Waals surface area (Å²) < 4.78 is 16.5. The van der Waals surface area contributed by atoms with E-state index in [-0.39, 0.29) is 18.2 Å². The Kier molecular flexibility index (Phi) is 7.97. The van der Waals surface area contributed by atoms with E-state index in [1.165, 1.54) is 0 Å². The molecule has 1 aliphatic rings. The van der Waals surface area contributed by atoms with Crippen molar-refractivity contribution in [3.63, 3.8) is 0 Å². The second-order valence-electron chi connectivity index (χ2n) is 4.32. The Bertz CT molecular complexity index is 257. The number of carbonyl (C=O) groups excluding carboxylic acids is 1. The third-order valence-electron chi connectivity index (χ3n) is 2.98. The molecule has 0 spiro atoms. The minimum absolute atomic E-state index is 0.00828. The first-order valence-corrected chi connectivity index (χ1v) is 7.05. The van der Waals surface area contributed by atoms with Crippen LogP contribution >= 0.6 is 0 Å². The van der Waals surface area contributed by atoms with Crippen LogP contribution < -0.4 is 5.32 Å². The molecule has 0 radical (unpaired) electrons. The van der Waals surface area contributed by atoms with E-state index in [1.807, 2.05) is 20.8 Å². The lowest BCUT2D eigenvalue weighted by molar-refractivity contribution is -0.163. The van der Waals surface area contributed by atoms with Crippen LogP contribution in [0, 0.1) is 0 Å². The first kappa shape index (κ1) is 16.4. The quantitative estimate of drug-likeness (QED) is 0.642. The topological polar surface area (TPSA) is 60.0 Å². The predicted octanol–water partition coefficient (Wildman–Crippen LogP) is 0.222. The van der Waals surface area contributed by atoms with Crippen LogP contribution in [0.3, 0.4) is 0 Å². The molecule has 19 heavy (non-hydrogen) atoms. The molecule has 1 atom stereocenters. The van der Waals surface area contributed by atoms with Crippen molar-refractivity contribution >= 4 is 5.91 Å². The Balaban J connectivity index is 2.57. The molecule has 1 rings (SSSR count). The Morgan fingerprint density at radius 2 is 2.05 bits per heavy atom. The molecule has 1 aliphatic heterocycles. The van der Waals surface area contributed by atoms with Gasteiger partial charge >= 0.3 is 0 Å². The van der Waals surface area contributed by atoms with E-state index in [2.05, 4.69) is 10.2 Å². The average molecular weight is 274 g/mol. The molecule has 0 saturated carbocycles. The van der Waals surface area contributed by atoms with Crippen molar-refractivity contribution in [3.05, 3.63) is 0 Å². The summed E-state index contributed by atoms with van der Waals surface area (Å²) in [6.07, 6.45) is -0.287. The van der Waals surface area contributed by atoms with E-state index in [0.29, 0.717) is 39.5 Å². The number of hydrogen-bond acceptors (Lipinski definition) is 5. The minimum atomic E-state index is -0.287. The highest BCUT2D eigenvalue weighted by molar-refractivity contribution is 5.81. The molecule has 112 valence electrons. The largest absolute Gasteiger partial charge is 0.378 e. The predicted molar refractivity (Wildman–Crippen MR) is 71.9 cm³/mol. The standard InChI is InChI=1S/C13H26N2O4/c1-4-14-13(16)11-10-17-8-7-15(11)9-12(18-5-2)19-6-3/h11-12H,4-10H2,1-3H3,(H,14,16). The Hall–Kier alpha value is -0.690. The third kappa shape index (κ3) is 5.44. The third-order valence-corrected chi connectivity index (χ3v) is 2.98. The number of amides is 1. The van der Waals surface area contributed by atoms with Gasteiger partial charge in [-0.2, -0.15) is 0 Å². The highest BCUT2D eigenvalue weighted by Crippen LogP contribution is 2.10. The van der Waals surface area contributed by atoms with Crippen LogP contribution in [-0.4, -0.2) is 69.2 Å². The summed E-state index contributed by atoms with van der Waals surface area (Å²) >= 11 is 0. The van der Waals surface area contributed by atoms with Gasteiger partial charge in [-0.15, -0.1) is 0 Å². The SMILES string of the molecule is CCNC(=O)C1COCCN1CC(OCC)OCC. The number of ether oxygens (including phenoxy) is 3. The van der Waals surface area contributed by atoms with Gasteiger partial charge in [0.05, 0.1) is 19.8 Å². The van der Waals surface area contributed by atoms with Crippen molar-refractivity contribution in [2.24, 2.45) is 0 Å². The Labute approximate surface area is 115 Å². The normalized spacial score (nSPS) is 20.7. The fourth-order valence-electron chi connectivity index (χ4n) is 2.11. The van der Waals surface area contributed by atoms with Gasteiger partial charge < -0.3 is 19.5 Å². The van der Waals surface area contributed by atoms with Crippen molar-refractivity contribution in [1.82, 2.24) is 10.2 Å². The van der Waals surface area contributed by atoms with Crippen LogP contribution in [0.5, 0.6) is 0 Å². The molecule has 1 N–H and O–H groups in total. The summed E-state index contributed by atoms with van der Waals surface area (Å²) in [4.78, 5) is 14.1. The lowest BCUT2D eigenvalue weighted by Crippen LogP contribution is -2.56. The molecule has 1 fully saturated rings. The number of rotatable bonds is 8. The van der Waals surface area contributed by atoms with Gasteiger partial charge in [-0.3, -0.25) is 9.69 Å². The fourth-order valence-corrected chi connectivity index (χ4v) is 2.11. The lowest BCUT2D eigenvalue weighted by atomic mass is 10.2. The summed E-state index contributed by atoms with van der Waals surface area (Å²) in [6, 6.07) is -0.253. The maximum Gasteiger partial charge on any atom is 0.239 e. The number of nitrogens with one attached hydrogen (secondary N) is 1. The van der Waals surface area contributed by atoms with Crippen molar-refractivity contribution in [3.8, 4) is 0 Å². The fraction of sp³-hybridized carbons (Fsp3) is 0.923. The molecule has 1 amide bonds. The van der Waals surface area contributed by atoms with Gasteiger partial charge in [-0.25, -0.2) is 0 Å². The van der Waals surface area contributed by atoms with Gasteiger partial charge in [0.15, 0.2) is 6.29 Å². The molecule has 1 heterocycles. The summed E-state index contributed by atoms with van der Waals surface area (Å²) in [5.41, 5.74) is 0. The minimum Gasteiger partial charge on any atom is -0.378 e. The van der Waals surface area contributed by atoms with Crippen molar-refractivity contribution in [1.29, 1.82) is 0 Å². The first-order valence-electron chi connectivity index (χ1n) is 7.05. The summed E-state index contributed by atoms with van der Waals surface area (Å²) in [6.45, 7) is 9.99. The molecular weight excluding hydrogens is 248 g/mol. The molecule has 0 aromatic rings. The van der Waals surface area contributed by atoms with E-state index in [0.717, 1.165) is 6.54 Å². The second-order valence-corrected chi connectivity index (χ2v) is 4.32. The van der Waals surface area contributed by atoms with E-state index in [9.17, 15) is 4.79 Å². The van der Waals surface area contributed by atoms with Gasteiger partial charge in [0.1, 0.15) is 6.04 Å². The molecule has 0 aliphatic carbocycles. The molecule has 1 saturated heterocycles. The second kappa shape index (κ2) is 9.25. The maximum atomic E-state index is 12.0. The van der Waals surface area contributed by atoms with Gasteiger partial charge in [-0.05, 0) is 20.8 Å². The van der Waals surface area contributed by atoms with E-state index in [1.54, 1.807) is 0 Å². The Morgan fingerprint density at radius 1 is 1.37 bits per heavy atom. The Morgan fingerprint density at radius 3 is 2.63 bits per heavy atom. The highest BCUT2D eigenvalue weighted by atomic mass is 16.7. The summed E-state index contributed by atoms with van der Waals surface area (Å²) in [5, 5.41) is 2.84. The van der Waals surface area contributed by atoms with Gasteiger partial charge in [-0.1, -0.05) is 0 Å². The van der Waals surface area contributed by atoms with Gasteiger partial charge in [0.25, 0.3) is 0 Å². The smallest absolute Gasteiger partial charge is 0.239 e. The van der Waals surface area contributed by atoms with Crippen molar-refractivity contribution in [2.45, 2.75) is 33.1 Å². The van der Waals surface area contributed by atoms with Crippen LogP contribution in [0.25, 0.3) is 0 Å². The van der Waals surface area contributed by atoms with Crippen LogP contribution in [0.2, 0.25) is 0 Å². The van der Waals surface area contributed by atoms with Crippen molar-refractivity contribution in [2.75, 3.05) is 46.1 Å². The molecule has 0 bridgehead atoms. The number of nitrogens with zero attached hydrogens (tertiary/aromatic N) is 1. The molecule has 6 heteroatoms. The van der Waals surface area contributed by atoms with E-state index >= 15 is 0 Å². The summed E-state index contributed by atoms with van der Waals surface area (Å²) in [5.74, 6) is 0.00828. The van der Waals surface area contributed by atoms with Crippen LogP contribution in [0.15, 0.2) is 0 Å². The first-order chi connectivity index (χ1) is 9.22. The monoisotopic (exact) mass is 274 g/mol. The number of hydrogen-bond donors (Lipinski definition) is 1. The zero-order chi connectivity index (χ0) is 14.1. The maximum absolute atomic E-state index is 12.0. The number of morpholine rings is 1.